The molecule has 0 atom stereocenters. The van der Waals surface area contributed by atoms with E-state index in [-0.39, 0.29) is 17.5 Å². The summed E-state index contributed by atoms with van der Waals surface area (Å²) >= 11 is 0. The number of nitrogens with zero attached hydrogens (tertiary/aromatic N) is 4. The molecule has 4 rings (SSSR count). The summed E-state index contributed by atoms with van der Waals surface area (Å²) in [6, 6.07) is 5.49. The van der Waals surface area contributed by atoms with Gasteiger partial charge in [0, 0.05) is 61.7 Å². The topological polar surface area (TPSA) is 81.8 Å². The largest absolute Gasteiger partial charge is 0.481 e. The second-order valence-electron chi connectivity index (χ2n) is 8.84. The van der Waals surface area contributed by atoms with Crippen molar-refractivity contribution < 1.29 is 9.53 Å². The van der Waals surface area contributed by atoms with E-state index in [4.69, 9.17) is 4.74 Å². The van der Waals surface area contributed by atoms with Crippen molar-refractivity contribution in [1.29, 1.82) is 0 Å². The average Bonchev–Trinajstić information content (AvgIpc) is 3.56. The van der Waals surface area contributed by atoms with Gasteiger partial charge in [-0.2, -0.15) is 0 Å². The quantitative estimate of drug-likeness (QED) is 0.605. The third kappa shape index (κ3) is 5.19. The van der Waals surface area contributed by atoms with Crippen molar-refractivity contribution in [1.82, 2.24) is 19.8 Å². The molecule has 1 aliphatic heterocycles. The third-order valence-electron chi connectivity index (χ3n) is 5.97. The fourth-order valence-corrected chi connectivity index (χ4v) is 3.90. The van der Waals surface area contributed by atoms with Crippen LogP contribution in [0.4, 0.5) is 5.69 Å². The number of hydrogen-bond donors (Lipinski definition) is 1. The van der Waals surface area contributed by atoms with Gasteiger partial charge in [0.05, 0.1) is 25.0 Å². The molecule has 0 radical (unpaired) electrons. The lowest BCUT2D eigenvalue weighted by Crippen LogP contribution is -2.61. The predicted octanol–water partition coefficient (Wildman–Crippen LogP) is 1.99. The third-order valence-corrected chi connectivity index (χ3v) is 5.97. The van der Waals surface area contributed by atoms with Crippen LogP contribution in [0.5, 0.6) is 5.88 Å². The lowest BCUT2D eigenvalue weighted by molar-refractivity contribution is -0.130. The van der Waals surface area contributed by atoms with E-state index >= 15 is 0 Å². The first-order valence-corrected chi connectivity index (χ1v) is 11.0. The Morgan fingerprint density at radius 3 is 2.72 bits per heavy atom. The minimum absolute atomic E-state index is 0.0585. The molecule has 1 aliphatic carbocycles. The Hall–Kier alpha value is -3.13. The number of anilines is 1. The highest BCUT2D eigenvalue weighted by atomic mass is 16.5. The van der Waals surface area contributed by atoms with Crippen molar-refractivity contribution in [3.63, 3.8) is 0 Å². The average molecular weight is 438 g/mol. The van der Waals surface area contributed by atoms with Crippen LogP contribution in [0.3, 0.4) is 0 Å². The van der Waals surface area contributed by atoms with Crippen molar-refractivity contribution in [3.05, 3.63) is 53.1 Å². The standard InChI is InChI=1S/C24H31N5O3/c1-27(2)10-4-5-24(31)28-15-19(16-28)29(14-17-6-7-17)21-13-26-23(32-3)11-20(21)18-8-9-22(30)25-12-18/h4-5,8-9,11-13,17,19H,6-7,10,14-16H2,1-3H3,(H,25,30)/b5-4+. The van der Waals surface area contributed by atoms with Gasteiger partial charge in [-0.15, -0.1) is 0 Å². The van der Waals surface area contributed by atoms with Crippen molar-refractivity contribution >= 4 is 11.6 Å². The lowest BCUT2D eigenvalue weighted by Gasteiger charge is -2.46. The molecule has 2 aromatic rings. The van der Waals surface area contributed by atoms with Gasteiger partial charge in [0.2, 0.25) is 17.3 Å². The lowest BCUT2D eigenvalue weighted by atomic mass is 10.0. The molecule has 3 heterocycles. The van der Waals surface area contributed by atoms with Crippen LogP contribution in [0, 0.1) is 5.92 Å². The molecule has 8 nitrogen and oxygen atoms in total. The maximum Gasteiger partial charge on any atom is 0.247 e. The van der Waals surface area contributed by atoms with Crippen LogP contribution < -0.4 is 15.2 Å². The molecule has 2 aromatic heterocycles. The molecular weight excluding hydrogens is 406 g/mol. The van der Waals surface area contributed by atoms with E-state index in [1.807, 2.05) is 48.3 Å². The highest BCUT2D eigenvalue weighted by molar-refractivity contribution is 5.88. The second-order valence-corrected chi connectivity index (χ2v) is 8.84. The first kappa shape index (κ1) is 22.1. The first-order valence-electron chi connectivity index (χ1n) is 11.0. The molecule has 0 aromatic carbocycles. The Labute approximate surface area is 188 Å². The molecule has 0 unspecified atom stereocenters. The highest BCUT2D eigenvalue weighted by Gasteiger charge is 2.37. The van der Waals surface area contributed by atoms with Crippen LogP contribution in [0.2, 0.25) is 0 Å². The Morgan fingerprint density at radius 1 is 1.31 bits per heavy atom. The number of amides is 1. The number of carbonyl (C=O) groups is 1. The summed E-state index contributed by atoms with van der Waals surface area (Å²) in [6.07, 6.45) is 9.61. The summed E-state index contributed by atoms with van der Waals surface area (Å²) in [7, 11) is 5.56. The Bertz CT molecular complexity index is 1020. The van der Waals surface area contributed by atoms with E-state index in [1.165, 1.54) is 18.9 Å². The highest BCUT2D eigenvalue weighted by Crippen LogP contribution is 2.38. The number of aromatic nitrogens is 2. The van der Waals surface area contributed by atoms with Gasteiger partial charge in [-0.3, -0.25) is 9.59 Å². The van der Waals surface area contributed by atoms with E-state index in [1.54, 1.807) is 19.4 Å². The summed E-state index contributed by atoms with van der Waals surface area (Å²) in [5.74, 6) is 1.26. The van der Waals surface area contributed by atoms with Gasteiger partial charge in [0.1, 0.15) is 0 Å². The zero-order chi connectivity index (χ0) is 22.7. The molecule has 2 fully saturated rings. The second kappa shape index (κ2) is 9.56. The molecule has 1 amide bonds. The Morgan fingerprint density at radius 2 is 2.09 bits per heavy atom. The molecule has 0 bridgehead atoms. The van der Waals surface area contributed by atoms with E-state index in [0.717, 1.165) is 29.9 Å². The normalized spacial score (nSPS) is 16.4. The minimum atomic E-state index is -0.137. The van der Waals surface area contributed by atoms with Crippen molar-refractivity contribution in [3.8, 4) is 17.0 Å². The van der Waals surface area contributed by atoms with Crippen LogP contribution in [-0.2, 0) is 4.79 Å². The number of aromatic amines is 1. The van der Waals surface area contributed by atoms with Crippen molar-refractivity contribution in [2.45, 2.75) is 18.9 Å². The summed E-state index contributed by atoms with van der Waals surface area (Å²) in [6.45, 7) is 3.06. The number of H-pyrrole nitrogens is 1. The number of carbonyl (C=O) groups excluding carboxylic acids is 1. The molecule has 0 spiro atoms. The number of ether oxygens (including phenoxy) is 1. The SMILES string of the molecule is COc1cc(-c2ccc(=O)[nH]c2)c(N(CC2CC2)C2CN(C(=O)/C=C/CN(C)C)C2)cn1. The Kier molecular flexibility index (Phi) is 6.60. The number of rotatable bonds is 9. The van der Waals surface area contributed by atoms with Gasteiger partial charge in [0.15, 0.2) is 0 Å². The molecule has 2 aliphatic rings. The Balaban J connectivity index is 1.56. The van der Waals surface area contributed by atoms with Crippen molar-refractivity contribution in [2.24, 2.45) is 5.92 Å². The zero-order valence-corrected chi connectivity index (χ0v) is 19.0. The molecule has 1 N–H and O–H groups in total. The monoisotopic (exact) mass is 437 g/mol. The molecule has 170 valence electrons. The minimum Gasteiger partial charge on any atom is -0.481 e. The van der Waals surface area contributed by atoms with E-state index in [9.17, 15) is 9.59 Å². The first-order chi connectivity index (χ1) is 15.4. The summed E-state index contributed by atoms with van der Waals surface area (Å²) in [5.41, 5.74) is 2.73. The van der Waals surface area contributed by atoms with Gasteiger partial charge in [-0.25, -0.2) is 4.98 Å². The van der Waals surface area contributed by atoms with Gasteiger partial charge < -0.3 is 24.4 Å². The molecule has 1 saturated carbocycles. The van der Waals surface area contributed by atoms with Crippen LogP contribution >= 0.6 is 0 Å². The van der Waals surface area contributed by atoms with Crippen LogP contribution in [-0.4, -0.2) is 79.1 Å². The summed E-state index contributed by atoms with van der Waals surface area (Å²) < 4.78 is 5.37. The maximum atomic E-state index is 12.5. The fraction of sp³-hybridized carbons (Fsp3) is 0.458. The number of nitrogens with one attached hydrogen (secondary N) is 1. The maximum absolute atomic E-state index is 12.5. The van der Waals surface area contributed by atoms with Crippen molar-refractivity contribution in [2.75, 3.05) is 52.3 Å². The smallest absolute Gasteiger partial charge is 0.247 e. The van der Waals surface area contributed by atoms with E-state index in [0.29, 0.717) is 24.9 Å². The van der Waals surface area contributed by atoms with Gasteiger partial charge in [-0.1, -0.05) is 6.08 Å². The number of hydrogen-bond acceptors (Lipinski definition) is 6. The zero-order valence-electron chi connectivity index (χ0n) is 19.0. The molecule has 1 saturated heterocycles. The van der Waals surface area contributed by atoms with Gasteiger partial charge in [0.25, 0.3) is 0 Å². The van der Waals surface area contributed by atoms with Crippen LogP contribution in [0.1, 0.15) is 12.8 Å². The predicted molar refractivity (Wildman–Crippen MR) is 125 cm³/mol. The van der Waals surface area contributed by atoms with E-state index in [2.05, 4.69) is 14.9 Å². The number of likely N-dealkylation sites (tertiary alicyclic amines) is 1. The van der Waals surface area contributed by atoms with Gasteiger partial charge in [-0.05, 0) is 38.9 Å². The fourth-order valence-electron chi connectivity index (χ4n) is 3.90. The van der Waals surface area contributed by atoms with Crippen LogP contribution in [0.25, 0.3) is 11.1 Å². The number of methoxy groups -OCH3 is 1. The van der Waals surface area contributed by atoms with Gasteiger partial charge >= 0.3 is 0 Å². The van der Waals surface area contributed by atoms with E-state index < -0.39 is 0 Å². The summed E-state index contributed by atoms with van der Waals surface area (Å²) in [4.78, 5) is 37.6. The number of likely N-dealkylation sites (N-methyl/N-ethyl adjacent to an activating group) is 1. The number of pyridine rings is 2. The van der Waals surface area contributed by atoms with Crippen LogP contribution in [0.15, 0.2) is 47.5 Å². The molecular formula is C24H31N5O3. The molecule has 32 heavy (non-hydrogen) atoms. The summed E-state index contributed by atoms with van der Waals surface area (Å²) in [5, 5.41) is 0. The molecule has 8 heteroatoms.